The van der Waals surface area contributed by atoms with Crippen molar-refractivity contribution in [1.82, 2.24) is 0 Å². The number of halogens is 1. The van der Waals surface area contributed by atoms with Gasteiger partial charge in [0, 0.05) is 23.6 Å². The summed E-state index contributed by atoms with van der Waals surface area (Å²) in [6.07, 6.45) is 4.36. The Labute approximate surface area is 125 Å². The Hall–Kier alpha value is -1.13. The van der Waals surface area contributed by atoms with Gasteiger partial charge in [0.25, 0.3) is 0 Å². The van der Waals surface area contributed by atoms with Crippen molar-refractivity contribution in [1.29, 1.82) is 0 Å². The Morgan fingerprint density at radius 2 is 1.70 bits per heavy atom. The molecule has 0 spiro atoms. The van der Waals surface area contributed by atoms with Crippen molar-refractivity contribution in [3.05, 3.63) is 16.7 Å². The van der Waals surface area contributed by atoms with Crippen LogP contribution in [0, 0.1) is 0 Å². The maximum Gasteiger partial charge on any atom is 0.179 e. The molecule has 0 amide bonds. The van der Waals surface area contributed by atoms with E-state index in [0.29, 0.717) is 23.1 Å². The highest BCUT2D eigenvalue weighted by molar-refractivity contribution is 6.33. The van der Waals surface area contributed by atoms with E-state index in [2.05, 4.69) is 0 Å². The summed E-state index contributed by atoms with van der Waals surface area (Å²) >= 11 is 6.58. The summed E-state index contributed by atoms with van der Waals surface area (Å²) in [5, 5.41) is 0.552. The van der Waals surface area contributed by atoms with Gasteiger partial charge in [-0.2, -0.15) is 0 Å². The molecule has 1 aromatic rings. The fourth-order valence-corrected chi connectivity index (χ4v) is 3.66. The van der Waals surface area contributed by atoms with Gasteiger partial charge in [-0.05, 0) is 12.8 Å². The fraction of sp³-hybridized carbons (Fsp3) is 0.600. The second-order valence-electron chi connectivity index (χ2n) is 5.19. The Morgan fingerprint density at radius 1 is 1.10 bits per heavy atom. The lowest BCUT2D eigenvalue weighted by Crippen LogP contribution is -2.33. The van der Waals surface area contributed by atoms with E-state index in [1.54, 1.807) is 21.3 Å². The van der Waals surface area contributed by atoms with Crippen LogP contribution in [-0.4, -0.2) is 27.9 Å². The molecule has 0 atom stereocenters. The van der Waals surface area contributed by atoms with E-state index in [9.17, 15) is 0 Å². The summed E-state index contributed by atoms with van der Waals surface area (Å²) in [5.74, 6) is 1.84. The maximum atomic E-state index is 6.58. The smallest absolute Gasteiger partial charge is 0.179 e. The third-order valence-electron chi connectivity index (χ3n) is 4.28. The molecule has 0 unspecified atom stereocenters. The number of methoxy groups -OCH3 is 3. The van der Waals surface area contributed by atoms with Crippen LogP contribution in [0.4, 0.5) is 0 Å². The molecule has 1 aliphatic carbocycles. The van der Waals surface area contributed by atoms with Gasteiger partial charge < -0.3 is 19.9 Å². The predicted octanol–water partition coefficient (Wildman–Crippen LogP) is 3.14. The van der Waals surface area contributed by atoms with Crippen molar-refractivity contribution in [3.8, 4) is 17.2 Å². The molecule has 0 heterocycles. The molecule has 0 aromatic heterocycles. The summed E-state index contributed by atoms with van der Waals surface area (Å²) in [7, 11) is 4.81. The summed E-state index contributed by atoms with van der Waals surface area (Å²) in [6.45, 7) is 0.554. The lowest BCUT2D eigenvalue weighted by molar-refractivity contribution is 0.339. The highest BCUT2D eigenvalue weighted by Gasteiger charge is 2.40. The van der Waals surface area contributed by atoms with Crippen molar-refractivity contribution in [2.45, 2.75) is 31.1 Å². The van der Waals surface area contributed by atoms with E-state index >= 15 is 0 Å². The third kappa shape index (κ3) is 2.31. The van der Waals surface area contributed by atoms with Gasteiger partial charge in [-0.1, -0.05) is 24.4 Å². The lowest BCUT2D eigenvalue weighted by Gasteiger charge is -2.31. The molecule has 1 saturated carbocycles. The van der Waals surface area contributed by atoms with Crippen molar-refractivity contribution < 1.29 is 14.2 Å². The molecule has 1 aromatic carbocycles. The van der Waals surface area contributed by atoms with Gasteiger partial charge in [0.05, 0.1) is 26.4 Å². The first-order chi connectivity index (χ1) is 9.63. The molecule has 0 radical (unpaired) electrons. The molecule has 2 N–H and O–H groups in total. The van der Waals surface area contributed by atoms with Gasteiger partial charge in [-0.3, -0.25) is 0 Å². The molecule has 20 heavy (non-hydrogen) atoms. The minimum Gasteiger partial charge on any atom is -0.496 e. The molecule has 2 rings (SSSR count). The molecule has 0 saturated heterocycles. The number of rotatable bonds is 5. The summed E-state index contributed by atoms with van der Waals surface area (Å²) < 4.78 is 16.3. The standard InChI is InChI=1S/C15H22ClNO3/c1-18-10-8-11(19-2)14(20-3)13(16)12(10)15(9-17)6-4-5-7-15/h8H,4-7,9,17H2,1-3H3. The van der Waals surface area contributed by atoms with E-state index in [1.165, 1.54) is 0 Å². The van der Waals surface area contributed by atoms with E-state index in [4.69, 9.17) is 31.5 Å². The van der Waals surface area contributed by atoms with Crippen molar-refractivity contribution >= 4 is 11.6 Å². The first-order valence-corrected chi connectivity index (χ1v) is 7.20. The number of hydrogen-bond donors (Lipinski definition) is 1. The Morgan fingerprint density at radius 3 is 2.15 bits per heavy atom. The molecule has 5 heteroatoms. The van der Waals surface area contributed by atoms with Gasteiger partial charge in [-0.15, -0.1) is 0 Å². The monoisotopic (exact) mass is 299 g/mol. The van der Waals surface area contributed by atoms with Crippen LogP contribution in [0.1, 0.15) is 31.2 Å². The summed E-state index contributed by atoms with van der Waals surface area (Å²) in [4.78, 5) is 0. The van der Waals surface area contributed by atoms with Gasteiger partial charge >= 0.3 is 0 Å². The third-order valence-corrected chi connectivity index (χ3v) is 4.64. The van der Waals surface area contributed by atoms with E-state index in [0.717, 1.165) is 37.0 Å². The number of benzene rings is 1. The zero-order valence-electron chi connectivity index (χ0n) is 12.3. The SMILES string of the molecule is COc1cc(OC)c(C2(CN)CCCC2)c(Cl)c1OC. The topological polar surface area (TPSA) is 53.7 Å². The normalized spacial score (nSPS) is 17.1. The predicted molar refractivity (Wildman–Crippen MR) is 80.3 cm³/mol. The Kier molecular flexibility index (Phi) is 4.66. The largest absolute Gasteiger partial charge is 0.496 e. The second-order valence-corrected chi connectivity index (χ2v) is 5.57. The molecule has 1 fully saturated rings. The number of ether oxygens (including phenoxy) is 3. The summed E-state index contributed by atoms with van der Waals surface area (Å²) in [5.41, 5.74) is 6.90. The number of hydrogen-bond acceptors (Lipinski definition) is 4. The average Bonchev–Trinajstić information content (AvgIpc) is 2.95. The highest BCUT2D eigenvalue weighted by atomic mass is 35.5. The summed E-state index contributed by atoms with van der Waals surface area (Å²) in [6, 6.07) is 1.83. The van der Waals surface area contributed by atoms with Gasteiger partial charge in [0.1, 0.15) is 5.75 Å². The van der Waals surface area contributed by atoms with Gasteiger partial charge in [-0.25, -0.2) is 0 Å². The van der Waals surface area contributed by atoms with Crippen molar-refractivity contribution in [2.24, 2.45) is 5.73 Å². The van der Waals surface area contributed by atoms with Crippen molar-refractivity contribution in [3.63, 3.8) is 0 Å². The van der Waals surface area contributed by atoms with Crippen LogP contribution in [0.3, 0.4) is 0 Å². The molecule has 4 nitrogen and oxygen atoms in total. The molecular formula is C15H22ClNO3. The van der Waals surface area contributed by atoms with Gasteiger partial charge in [0.2, 0.25) is 0 Å². The zero-order valence-corrected chi connectivity index (χ0v) is 13.0. The Balaban J connectivity index is 2.67. The molecular weight excluding hydrogens is 278 g/mol. The van der Waals surface area contributed by atoms with Crippen LogP contribution in [0.25, 0.3) is 0 Å². The minimum atomic E-state index is -0.123. The first kappa shape index (κ1) is 15.3. The lowest BCUT2D eigenvalue weighted by atomic mass is 9.78. The van der Waals surface area contributed by atoms with Crippen LogP contribution in [-0.2, 0) is 5.41 Å². The number of nitrogens with two attached hydrogens (primary N) is 1. The zero-order chi connectivity index (χ0) is 14.8. The van der Waals surface area contributed by atoms with Crippen molar-refractivity contribution in [2.75, 3.05) is 27.9 Å². The Bertz CT molecular complexity index is 484. The van der Waals surface area contributed by atoms with Crippen LogP contribution < -0.4 is 19.9 Å². The van der Waals surface area contributed by atoms with Crippen LogP contribution in [0.2, 0.25) is 5.02 Å². The van der Waals surface area contributed by atoms with E-state index in [1.807, 2.05) is 6.07 Å². The molecule has 1 aliphatic rings. The molecule has 112 valence electrons. The van der Waals surface area contributed by atoms with E-state index < -0.39 is 0 Å². The van der Waals surface area contributed by atoms with Gasteiger partial charge in [0.15, 0.2) is 11.5 Å². The fourth-order valence-electron chi connectivity index (χ4n) is 3.19. The maximum absolute atomic E-state index is 6.58. The quantitative estimate of drug-likeness (QED) is 0.907. The van der Waals surface area contributed by atoms with Crippen LogP contribution in [0.5, 0.6) is 17.2 Å². The second kappa shape index (κ2) is 6.10. The highest BCUT2D eigenvalue weighted by Crippen LogP contribution is 2.52. The first-order valence-electron chi connectivity index (χ1n) is 6.82. The average molecular weight is 300 g/mol. The van der Waals surface area contributed by atoms with Crippen LogP contribution >= 0.6 is 11.6 Å². The van der Waals surface area contributed by atoms with Crippen LogP contribution in [0.15, 0.2) is 6.07 Å². The molecule has 0 aliphatic heterocycles. The molecule has 0 bridgehead atoms. The van der Waals surface area contributed by atoms with E-state index in [-0.39, 0.29) is 5.41 Å². The minimum absolute atomic E-state index is 0.123.